The normalized spacial score (nSPS) is 12.6. The molecule has 1 amide bonds. The van der Waals surface area contributed by atoms with Gasteiger partial charge in [-0.05, 0) is 23.8 Å². The molecular formula is C18H15F3N4OS. The second kappa shape index (κ2) is 7.83. The molecule has 9 heteroatoms. The molecule has 0 fully saturated rings. The van der Waals surface area contributed by atoms with Crippen molar-refractivity contribution in [1.82, 2.24) is 14.8 Å². The van der Waals surface area contributed by atoms with Gasteiger partial charge < -0.3 is 9.88 Å². The summed E-state index contributed by atoms with van der Waals surface area (Å²) in [5.41, 5.74) is -0.0400. The number of aryl methyl sites for hydroxylation is 1. The van der Waals surface area contributed by atoms with Gasteiger partial charge in [0.1, 0.15) is 11.6 Å². The van der Waals surface area contributed by atoms with Crippen molar-refractivity contribution in [2.75, 3.05) is 5.32 Å². The van der Waals surface area contributed by atoms with E-state index in [0.717, 1.165) is 12.1 Å². The molecule has 0 saturated heterocycles. The Morgan fingerprint density at radius 2 is 1.89 bits per heavy atom. The highest BCUT2D eigenvalue weighted by Gasteiger charge is 2.31. The third kappa shape index (κ3) is 4.68. The van der Waals surface area contributed by atoms with Crippen molar-refractivity contribution in [2.45, 2.75) is 16.6 Å². The van der Waals surface area contributed by atoms with E-state index >= 15 is 0 Å². The fraction of sp³-hybridized carbons (Fsp3) is 0.167. The number of amides is 1. The molecule has 1 heterocycles. The monoisotopic (exact) mass is 392 g/mol. The van der Waals surface area contributed by atoms with Gasteiger partial charge in [0.15, 0.2) is 5.16 Å². The molecule has 0 radical (unpaired) electrons. The maximum atomic E-state index is 12.9. The topological polar surface area (TPSA) is 59.8 Å². The number of rotatable bonds is 5. The zero-order valence-electron chi connectivity index (χ0n) is 14.1. The van der Waals surface area contributed by atoms with Crippen molar-refractivity contribution in [3.05, 3.63) is 72.1 Å². The number of nitrogens with zero attached hydrogens (tertiary/aromatic N) is 3. The maximum Gasteiger partial charge on any atom is 0.416 e. The van der Waals surface area contributed by atoms with Crippen LogP contribution in [0.25, 0.3) is 0 Å². The largest absolute Gasteiger partial charge is 0.416 e. The first kappa shape index (κ1) is 19.0. The van der Waals surface area contributed by atoms with Crippen molar-refractivity contribution in [3.63, 3.8) is 0 Å². The number of anilines is 1. The predicted octanol–water partition coefficient (Wildman–Crippen LogP) is 4.31. The van der Waals surface area contributed by atoms with E-state index in [4.69, 9.17) is 0 Å². The summed E-state index contributed by atoms with van der Waals surface area (Å²) in [6, 6.07) is 13.5. The first-order chi connectivity index (χ1) is 12.8. The summed E-state index contributed by atoms with van der Waals surface area (Å²) >= 11 is 1.17. The van der Waals surface area contributed by atoms with Crippen LogP contribution in [0.15, 0.2) is 66.1 Å². The van der Waals surface area contributed by atoms with Crippen molar-refractivity contribution in [2.24, 2.45) is 7.05 Å². The van der Waals surface area contributed by atoms with E-state index in [1.807, 2.05) is 6.07 Å². The summed E-state index contributed by atoms with van der Waals surface area (Å²) in [6.45, 7) is 0. The van der Waals surface area contributed by atoms with E-state index in [1.165, 1.54) is 30.2 Å². The number of thioether (sulfide) groups is 1. The average Bonchev–Trinajstić information content (AvgIpc) is 3.04. The molecule has 1 N–H and O–H groups in total. The van der Waals surface area contributed by atoms with Gasteiger partial charge >= 0.3 is 6.18 Å². The number of alkyl halides is 3. The number of carbonyl (C=O) groups is 1. The predicted molar refractivity (Wildman–Crippen MR) is 96.1 cm³/mol. The second-order valence-corrected chi connectivity index (χ2v) is 6.77. The Hall–Kier alpha value is -2.81. The Balaban J connectivity index is 1.86. The highest BCUT2D eigenvalue weighted by Crippen LogP contribution is 2.35. The van der Waals surface area contributed by atoms with Gasteiger partial charge in [0.2, 0.25) is 5.91 Å². The van der Waals surface area contributed by atoms with Crippen molar-refractivity contribution in [3.8, 4) is 0 Å². The fourth-order valence-electron chi connectivity index (χ4n) is 2.37. The number of halogens is 3. The zero-order valence-corrected chi connectivity index (χ0v) is 15.0. The third-order valence-corrected chi connectivity index (χ3v) is 4.99. The van der Waals surface area contributed by atoms with E-state index in [1.54, 1.807) is 35.9 Å². The smallest absolute Gasteiger partial charge is 0.325 e. The lowest BCUT2D eigenvalue weighted by Gasteiger charge is -2.17. The number of nitrogens with one attached hydrogen (secondary N) is 1. The van der Waals surface area contributed by atoms with Crippen LogP contribution in [-0.4, -0.2) is 20.7 Å². The lowest BCUT2D eigenvalue weighted by atomic mass is 10.1. The number of hydrogen-bond acceptors (Lipinski definition) is 4. The van der Waals surface area contributed by atoms with Crippen LogP contribution in [0.5, 0.6) is 0 Å². The minimum absolute atomic E-state index is 0.0781. The van der Waals surface area contributed by atoms with Crippen LogP contribution in [0.3, 0.4) is 0 Å². The Morgan fingerprint density at radius 3 is 2.52 bits per heavy atom. The van der Waals surface area contributed by atoms with Gasteiger partial charge in [0, 0.05) is 12.7 Å². The molecular weight excluding hydrogens is 377 g/mol. The summed E-state index contributed by atoms with van der Waals surface area (Å²) < 4.78 is 40.3. The quantitative estimate of drug-likeness (QED) is 0.658. The van der Waals surface area contributed by atoms with Crippen LogP contribution in [0, 0.1) is 0 Å². The molecule has 1 atom stereocenters. The van der Waals surface area contributed by atoms with Crippen LogP contribution in [0.2, 0.25) is 0 Å². The number of carbonyl (C=O) groups excluding carboxylic acids is 1. The number of benzene rings is 2. The minimum Gasteiger partial charge on any atom is -0.325 e. The average molecular weight is 392 g/mol. The molecule has 140 valence electrons. The molecule has 0 spiro atoms. The molecule has 0 unspecified atom stereocenters. The molecule has 0 aliphatic heterocycles. The molecule has 0 aliphatic rings. The molecule has 0 bridgehead atoms. The highest BCUT2D eigenvalue weighted by atomic mass is 32.2. The van der Waals surface area contributed by atoms with Gasteiger partial charge in [-0.1, -0.05) is 48.2 Å². The van der Waals surface area contributed by atoms with E-state index in [0.29, 0.717) is 10.7 Å². The summed E-state index contributed by atoms with van der Waals surface area (Å²) in [6.07, 6.45) is -2.97. The Labute approximate surface area is 157 Å². The van der Waals surface area contributed by atoms with Gasteiger partial charge in [-0.3, -0.25) is 4.79 Å². The van der Waals surface area contributed by atoms with Crippen LogP contribution in [-0.2, 0) is 18.0 Å². The van der Waals surface area contributed by atoms with E-state index in [-0.39, 0.29) is 5.69 Å². The third-order valence-electron chi connectivity index (χ3n) is 3.69. The molecule has 3 rings (SSSR count). The second-order valence-electron chi connectivity index (χ2n) is 5.70. The van der Waals surface area contributed by atoms with Crippen molar-refractivity contribution in [1.29, 1.82) is 0 Å². The molecule has 3 aromatic rings. The molecule has 5 nitrogen and oxygen atoms in total. The zero-order chi connectivity index (χ0) is 19.4. The summed E-state index contributed by atoms with van der Waals surface area (Å²) in [7, 11) is 1.75. The molecule has 1 aromatic heterocycles. The van der Waals surface area contributed by atoms with Crippen LogP contribution >= 0.6 is 11.8 Å². The lowest BCUT2D eigenvalue weighted by Crippen LogP contribution is -2.20. The van der Waals surface area contributed by atoms with Crippen molar-refractivity contribution < 1.29 is 18.0 Å². The van der Waals surface area contributed by atoms with Gasteiger partial charge in [-0.15, -0.1) is 10.2 Å². The van der Waals surface area contributed by atoms with Crippen LogP contribution in [0.1, 0.15) is 16.4 Å². The summed E-state index contributed by atoms with van der Waals surface area (Å²) in [5.74, 6) is -0.450. The van der Waals surface area contributed by atoms with Crippen molar-refractivity contribution >= 4 is 23.4 Å². The van der Waals surface area contributed by atoms with E-state index in [2.05, 4.69) is 15.5 Å². The lowest BCUT2D eigenvalue weighted by molar-refractivity contribution is -0.137. The minimum atomic E-state index is -4.48. The number of hydrogen-bond donors (Lipinski definition) is 1. The van der Waals surface area contributed by atoms with Gasteiger partial charge in [0.25, 0.3) is 0 Å². The standard InChI is InChI=1S/C18H15F3N4OS/c1-25-11-22-24-17(25)27-15(12-6-3-2-4-7-12)16(26)23-14-9-5-8-13(10-14)18(19,20)21/h2-11,15H,1H3,(H,23,26)/t15-/m0/s1. The first-order valence-corrected chi connectivity index (χ1v) is 8.76. The fourth-order valence-corrected chi connectivity index (χ4v) is 3.34. The first-order valence-electron chi connectivity index (χ1n) is 7.88. The molecule has 0 saturated carbocycles. The molecule has 2 aromatic carbocycles. The number of aromatic nitrogens is 3. The highest BCUT2D eigenvalue weighted by molar-refractivity contribution is 8.00. The van der Waals surface area contributed by atoms with Gasteiger partial charge in [-0.25, -0.2) is 0 Å². The summed E-state index contributed by atoms with van der Waals surface area (Å²) in [5, 5.41) is 10.1. The van der Waals surface area contributed by atoms with Gasteiger partial charge in [-0.2, -0.15) is 13.2 Å². The molecule has 0 aliphatic carbocycles. The molecule has 27 heavy (non-hydrogen) atoms. The van der Waals surface area contributed by atoms with Crippen LogP contribution in [0.4, 0.5) is 18.9 Å². The SMILES string of the molecule is Cn1cnnc1S[C@H](C(=O)Nc1cccc(C(F)(F)F)c1)c1ccccc1. The Bertz CT molecular complexity index is 928. The van der Waals surface area contributed by atoms with E-state index in [9.17, 15) is 18.0 Å². The Kier molecular flexibility index (Phi) is 5.50. The van der Waals surface area contributed by atoms with Gasteiger partial charge in [0.05, 0.1) is 5.56 Å². The van der Waals surface area contributed by atoms with E-state index < -0.39 is 22.9 Å². The van der Waals surface area contributed by atoms with Crippen LogP contribution < -0.4 is 5.32 Å². The maximum absolute atomic E-state index is 12.9. The Morgan fingerprint density at radius 1 is 1.15 bits per heavy atom. The summed E-state index contributed by atoms with van der Waals surface area (Å²) in [4.78, 5) is 12.8.